The zero-order valence-corrected chi connectivity index (χ0v) is 6.05. The summed E-state index contributed by atoms with van der Waals surface area (Å²) in [6.45, 7) is 0.465. The van der Waals surface area contributed by atoms with Crippen molar-refractivity contribution < 1.29 is 15.3 Å². The van der Waals surface area contributed by atoms with Crippen LogP contribution in [0.2, 0.25) is 0 Å². The maximum Gasteiger partial charge on any atom is 0.230 e. The van der Waals surface area contributed by atoms with E-state index in [1.165, 1.54) is 5.01 Å². The van der Waals surface area contributed by atoms with Gasteiger partial charge in [-0.15, -0.1) is 5.01 Å². The highest BCUT2D eigenvalue weighted by Gasteiger charge is 2.30. The molecule has 1 rings (SSSR count). The van der Waals surface area contributed by atoms with Crippen molar-refractivity contribution in [1.29, 1.82) is 0 Å². The van der Waals surface area contributed by atoms with E-state index in [0.717, 1.165) is 12.8 Å². The SMILES string of the molecule is [O-]/[N+](=N/O)N1CCC[C@H]1CO. The fourth-order valence-electron chi connectivity index (χ4n) is 1.28. The largest absolute Gasteiger partial charge is 0.569 e. The van der Waals surface area contributed by atoms with Crippen molar-refractivity contribution in [2.45, 2.75) is 18.9 Å². The monoisotopic (exact) mass is 161 g/mol. The molecule has 0 spiro atoms. The summed E-state index contributed by atoms with van der Waals surface area (Å²) in [4.78, 5) is 0.119. The van der Waals surface area contributed by atoms with Crippen molar-refractivity contribution in [2.24, 2.45) is 5.28 Å². The van der Waals surface area contributed by atoms with Gasteiger partial charge in [-0.1, -0.05) is 0 Å². The number of hydrogen-bond acceptors (Lipinski definition) is 3. The normalized spacial score (nSPS) is 26.1. The Labute approximate surface area is 63.9 Å². The highest BCUT2D eigenvalue weighted by Crippen LogP contribution is 2.15. The summed E-state index contributed by atoms with van der Waals surface area (Å²) in [6.07, 6.45) is 1.62. The molecule has 1 aliphatic heterocycles. The van der Waals surface area contributed by atoms with Crippen molar-refractivity contribution >= 4 is 0 Å². The second-order valence-corrected chi connectivity index (χ2v) is 2.48. The second-order valence-electron chi connectivity index (χ2n) is 2.48. The van der Waals surface area contributed by atoms with E-state index >= 15 is 0 Å². The molecule has 64 valence electrons. The van der Waals surface area contributed by atoms with Crippen LogP contribution in [0, 0.1) is 5.21 Å². The Bertz CT molecular complexity index is 161. The summed E-state index contributed by atoms with van der Waals surface area (Å²) in [5.74, 6) is 0. The minimum Gasteiger partial charge on any atom is -0.569 e. The van der Waals surface area contributed by atoms with Gasteiger partial charge in [-0.3, -0.25) is 0 Å². The minimum absolute atomic E-state index is 0.0751. The van der Waals surface area contributed by atoms with Gasteiger partial charge in [0, 0.05) is 0 Å². The van der Waals surface area contributed by atoms with E-state index in [1.54, 1.807) is 0 Å². The topological polar surface area (TPSA) is 82.1 Å². The molecular weight excluding hydrogens is 150 g/mol. The van der Waals surface area contributed by atoms with Gasteiger partial charge in [0.1, 0.15) is 6.04 Å². The molecule has 1 saturated heterocycles. The Morgan fingerprint density at radius 3 is 3.00 bits per heavy atom. The molecule has 1 fully saturated rings. The molecule has 1 heterocycles. The Hall–Kier alpha value is -1.04. The first kappa shape index (κ1) is 8.06. The summed E-state index contributed by atoms with van der Waals surface area (Å²) in [6, 6.07) is -0.191. The van der Waals surface area contributed by atoms with E-state index in [9.17, 15) is 5.21 Å². The van der Waals surface area contributed by atoms with E-state index in [0.29, 0.717) is 6.54 Å². The molecule has 2 N–H and O–H groups in total. The van der Waals surface area contributed by atoms with Gasteiger partial charge in [-0.2, -0.15) is 0 Å². The van der Waals surface area contributed by atoms with Gasteiger partial charge in [0.2, 0.25) is 5.28 Å². The maximum absolute atomic E-state index is 10.7. The quantitative estimate of drug-likeness (QED) is 0.331. The molecular formula is C5H11N3O3. The molecule has 0 aromatic rings. The van der Waals surface area contributed by atoms with E-state index in [1.807, 2.05) is 0 Å². The first-order valence-corrected chi connectivity index (χ1v) is 3.49. The summed E-state index contributed by atoms with van der Waals surface area (Å²) in [5.41, 5.74) is 0. The van der Waals surface area contributed by atoms with E-state index in [2.05, 4.69) is 5.28 Å². The molecule has 1 aliphatic rings. The predicted molar refractivity (Wildman–Crippen MR) is 34.7 cm³/mol. The van der Waals surface area contributed by atoms with Crippen molar-refractivity contribution in [2.75, 3.05) is 13.2 Å². The lowest BCUT2D eigenvalue weighted by Crippen LogP contribution is -2.37. The van der Waals surface area contributed by atoms with Crippen LogP contribution in [-0.4, -0.2) is 39.5 Å². The van der Waals surface area contributed by atoms with Crippen LogP contribution in [-0.2, 0) is 0 Å². The third-order valence-electron chi connectivity index (χ3n) is 1.85. The lowest BCUT2D eigenvalue weighted by Gasteiger charge is -2.16. The van der Waals surface area contributed by atoms with Gasteiger partial charge < -0.3 is 15.5 Å². The van der Waals surface area contributed by atoms with Crippen LogP contribution >= 0.6 is 0 Å². The smallest absolute Gasteiger partial charge is 0.230 e. The van der Waals surface area contributed by atoms with Crippen LogP contribution in [0.1, 0.15) is 12.8 Å². The predicted octanol–water partition coefficient (Wildman–Crippen LogP) is -0.290. The van der Waals surface area contributed by atoms with Gasteiger partial charge in [0.25, 0.3) is 0 Å². The summed E-state index contributed by atoms with van der Waals surface area (Å²) < 4.78 is 0. The van der Waals surface area contributed by atoms with Crippen LogP contribution in [0.3, 0.4) is 0 Å². The van der Waals surface area contributed by atoms with E-state index < -0.39 is 0 Å². The summed E-state index contributed by atoms with van der Waals surface area (Å²) >= 11 is 0. The summed E-state index contributed by atoms with van der Waals surface area (Å²) in [5, 5.41) is 31.3. The molecule has 0 bridgehead atoms. The molecule has 0 amide bonds. The van der Waals surface area contributed by atoms with Gasteiger partial charge >= 0.3 is 0 Å². The van der Waals surface area contributed by atoms with Crippen molar-refractivity contribution in [3.63, 3.8) is 0 Å². The highest BCUT2D eigenvalue weighted by molar-refractivity contribution is 4.71. The number of aliphatic hydroxyl groups is 1. The number of rotatable bonds is 2. The number of nitrogens with zero attached hydrogens (tertiary/aromatic N) is 3. The Morgan fingerprint density at radius 1 is 1.73 bits per heavy atom. The fraction of sp³-hybridized carbons (Fsp3) is 1.00. The van der Waals surface area contributed by atoms with Crippen molar-refractivity contribution in [3.8, 4) is 0 Å². The van der Waals surface area contributed by atoms with Crippen LogP contribution in [0.4, 0.5) is 0 Å². The number of aliphatic hydroxyl groups excluding tert-OH is 1. The first-order chi connectivity index (χ1) is 5.29. The van der Waals surface area contributed by atoms with Gasteiger partial charge in [0.15, 0.2) is 0 Å². The second kappa shape index (κ2) is 3.38. The molecule has 1 atom stereocenters. The van der Waals surface area contributed by atoms with Gasteiger partial charge in [-0.05, 0) is 12.8 Å². The van der Waals surface area contributed by atoms with Gasteiger partial charge in [0.05, 0.1) is 18.1 Å². The fourth-order valence-corrected chi connectivity index (χ4v) is 1.28. The first-order valence-electron chi connectivity index (χ1n) is 3.49. The zero-order valence-electron chi connectivity index (χ0n) is 6.05. The molecule has 0 unspecified atom stereocenters. The minimum atomic E-state index is -0.191. The molecule has 0 aromatic heterocycles. The molecule has 0 saturated carbocycles. The molecule has 0 aliphatic carbocycles. The highest BCUT2D eigenvalue weighted by atomic mass is 16.6. The Balaban J connectivity index is 2.56. The maximum atomic E-state index is 10.7. The number of hydrogen-bond donors (Lipinski definition) is 2. The van der Waals surface area contributed by atoms with Crippen LogP contribution in [0.5, 0.6) is 0 Å². The average molecular weight is 161 g/mol. The van der Waals surface area contributed by atoms with Crippen LogP contribution in [0.15, 0.2) is 5.28 Å². The summed E-state index contributed by atoms with van der Waals surface area (Å²) in [7, 11) is 0. The Morgan fingerprint density at radius 2 is 2.45 bits per heavy atom. The van der Waals surface area contributed by atoms with Crippen LogP contribution < -0.4 is 0 Å². The third-order valence-corrected chi connectivity index (χ3v) is 1.85. The van der Waals surface area contributed by atoms with Crippen LogP contribution in [0.25, 0.3) is 0 Å². The zero-order chi connectivity index (χ0) is 8.27. The molecule has 6 heteroatoms. The standard InChI is InChI=1S/C5H11N3O3/c9-4-5-2-1-3-7(5)8(11)6-10/h5,9-10H,1-4H2/b8-6+/t5-/m0/s1. The third kappa shape index (κ3) is 1.51. The average Bonchev–Trinajstić information content (AvgIpc) is 2.50. The molecule has 6 nitrogen and oxygen atoms in total. The number of hydrazine groups is 1. The van der Waals surface area contributed by atoms with Crippen molar-refractivity contribution in [3.05, 3.63) is 5.21 Å². The van der Waals surface area contributed by atoms with Gasteiger partial charge in [-0.25, -0.2) is 0 Å². The lowest BCUT2D eigenvalue weighted by atomic mass is 10.2. The molecule has 0 radical (unpaired) electrons. The van der Waals surface area contributed by atoms with Crippen molar-refractivity contribution in [1.82, 2.24) is 5.01 Å². The molecule has 0 aromatic carbocycles. The Kier molecular flexibility index (Phi) is 2.48. The molecule has 11 heavy (non-hydrogen) atoms. The lowest BCUT2D eigenvalue weighted by molar-refractivity contribution is -0.713. The van der Waals surface area contributed by atoms with E-state index in [-0.39, 0.29) is 17.6 Å². The van der Waals surface area contributed by atoms with E-state index in [4.69, 9.17) is 10.3 Å².